The van der Waals surface area contributed by atoms with Gasteiger partial charge in [0, 0.05) is 30.1 Å². The molecule has 0 spiro atoms. The largest absolute Gasteiger partial charge is 0.467 e. The molecule has 0 saturated carbocycles. The average molecular weight is 455 g/mol. The summed E-state index contributed by atoms with van der Waals surface area (Å²) in [5.74, 6) is -1.07. The molecule has 4 N–H and O–H groups in total. The number of para-hydroxylation sites is 1. The van der Waals surface area contributed by atoms with Gasteiger partial charge in [0.05, 0.1) is 7.11 Å². The molecule has 178 valence electrons. The molecule has 2 atom stereocenters. The van der Waals surface area contributed by atoms with Crippen molar-refractivity contribution >= 4 is 28.7 Å². The van der Waals surface area contributed by atoms with E-state index in [1.54, 1.807) is 0 Å². The molecule has 1 aliphatic heterocycles. The van der Waals surface area contributed by atoms with Crippen LogP contribution in [0.25, 0.3) is 10.9 Å². The van der Waals surface area contributed by atoms with Crippen LogP contribution < -0.4 is 16.4 Å². The number of hydrogen-bond acceptors (Lipinski definition) is 5. The summed E-state index contributed by atoms with van der Waals surface area (Å²) < 4.78 is 7.04. The number of nitrogens with two attached hydrogens (primary N) is 1. The van der Waals surface area contributed by atoms with Crippen LogP contribution in [0.1, 0.15) is 44.1 Å². The summed E-state index contributed by atoms with van der Waals surface area (Å²) in [4.78, 5) is 37.9. The molecule has 3 rings (SSSR count). The van der Waals surface area contributed by atoms with E-state index in [4.69, 9.17) is 10.5 Å². The topological polar surface area (TPSA) is 115 Å². The number of hydrogen-bond donors (Lipinski definition) is 3. The Morgan fingerprint density at radius 1 is 1.15 bits per heavy atom. The number of ether oxygens (including phenoxy) is 1. The first-order chi connectivity index (χ1) is 16.0. The number of rotatable bonds is 5. The monoisotopic (exact) mass is 454 g/mol. The molecule has 0 radical (unpaired) electrons. The highest BCUT2D eigenvalue weighted by molar-refractivity contribution is 5.91. The maximum atomic E-state index is 12.9. The zero-order chi connectivity index (χ0) is 23.6. The third-order valence-corrected chi connectivity index (χ3v) is 5.96. The Kier molecular flexibility index (Phi) is 9.06. The molecule has 1 aromatic carbocycles. The summed E-state index contributed by atoms with van der Waals surface area (Å²) in [5.41, 5.74) is 7.91. The maximum Gasteiger partial charge on any atom is 0.328 e. The van der Waals surface area contributed by atoms with E-state index in [1.165, 1.54) is 18.1 Å². The third-order valence-electron chi connectivity index (χ3n) is 5.96. The number of nitrogens with one attached hydrogen (secondary N) is 2. The summed E-state index contributed by atoms with van der Waals surface area (Å²) in [6.45, 7) is 1.16. The smallest absolute Gasteiger partial charge is 0.328 e. The molecular formula is C25H34N4O4. The minimum Gasteiger partial charge on any atom is -0.467 e. The Labute approximate surface area is 194 Å². The van der Waals surface area contributed by atoms with Gasteiger partial charge in [0.1, 0.15) is 12.1 Å². The molecule has 2 heterocycles. The number of carbonyl (C=O) groups is 3. The third kappa shape index (κ3) is 6.68. The lowest BCUT2D eigenvalue weighted by atomic mass is 10.1. The van der Waals surface area contributed by atoms with E-state index in [9.17, 15) is 14.4 Å². The summed E-state index contributed by atoms with van der Waals surface area (Å²) >= 11 is 0. The fourth-order valence-corrected chi connectivity index (χ4v) is 4.19. The second-order valence-electron chi connectivity index (χ2n) is 8.37. The van der Waals surface area contributed by atoms with Crippen LogP contribution in [0.3, 0.4) is 0 Å². The summed E-state index contributed by atoms with van der Waals surface area (Å²) in [6, 6.07) is 6.67. The number of carbonyl (C=O) groups excluding carboxylic acids is 3. The Hall–Kier alpha value is -3.13. The molecule has 0 saturated heterocycles. The number of aryl methyl sites for hydroxylation is 1. The van der Waals surface area contributed by atoms with E-state index in [-0.39, 0.29) is 11.8 Å². The van der Waals surface area contributed by atoms with Crippen molar-refractivity contribution < 1.29 is 19.1 Å². The number of unbranched alkanes of at least 4 members (excludes halogenated alkanes) is 1. The predicted molar refractivity (Wildman–Crippen MR) is 127 cm³/mol. The Balaban J connectivity index is 1.85. The molecule has 0 fully saturated rings. The summed E-state index contributed by atoms with van der Waals surface area (Å²) in [7, 11) is 1.30. The number of aromatic nitrogens is 1. The number of fused-ring (bicyclic) bond motifs is 5. The van der Waals surface area contributed by atoms with Crippen LogP contribution in [0.2, 0.25) is 0 Å². The predicted octanol–water partition coefficient (Wildman–Crippen LogP) is 2.20. The van der Waals surface area contributed by atoms with Crippen LogP contribution in [-0.4, -0.2) is 48.1 Å². The minimum absolute atomic E-state index is 0.173. The number of benzene rings is 1. The lowest BCUT2D eigenvalue weighted by Gasteiger charge is -2.22. The molecule has 0 unspecified atom stereocenters. The van der Waals surface area contributed by atoms with Crippen molar-refractivity contribution in [3.8, 4) is 0 Å². The van der Waals surface area contributed by atoms with E-state index in [0.29, 0.717) is 45.2 Å². The van der Waals surface area contributed by atoms with Gasteiger partial charge in [-0.05, 0) is 56.7 Å². The van der Waals surface area contributed by atoms with Crippen LogP contribution in [0.15, 0.2) is 42.6 Å². The first-order valence-corrected chi connectivity index (χ1v) is 11.6. The van der Waals surface area contributed by atoms with Gasteiger partial charge >= 0.3 is 5.97 Å². The van der Waals surface area contributed by atoms with Crippen LogP contribution in [0.5, 0.6) is 0 Å². The van der Waals surface area contributed by atoms with Crippen molar-refractivity contribution in [2.45, 2.75) is 63.6 Å². The molecular weight excluding hydrogens is 420 g/mol. The molecule has 0 aliphatic carbocycles. The first-order valence-electron chi connectivity index (χ1n) is 11.6. The van der Waals surface area contributed by atoms with E-state index >= 15 is 0 Å². The van der Waals surface area contributed by atoms with Gasteiger partial charge in [-0.3, -0.25) is 9.59 Å². The minimum atomic E-state index is -0.822. The van der Waals surface area contributed by atoms with Gasteiger partial charge in [0.2, 0.25) is 11.8 Å². The fraction of sp³-hybridized carbons (Fsp3) is 0.480. The molecule has 8 nitrogen and oxygen atoms in total. The number of methoxy groups -OCH3 is 1. The fourth-order valence-electron chi connectivity index (χ4n) is 4.19. The van der Waals surface area contributed by atoms with Gasteiger partial charge in [-0.2, -0.15) is 0 Å². The zero-order valence-corrected chi connectivity index (χ0v) is 19.2. The number of nitrogens with zero attached hydrogens (tertiary/aromatic N) is 1. The van der Waals surface area contributed by atoms with Crippen molar-refractivity contribution in [1.29, 1.82) is 0 Å². The lowest BCUT2D eigenvalue weighted by Crippen LogP contribution is -2.51. The Bertz CT molecular complexity index is 997. The van der Waals surface area contributed by atoms with Gasteiger partial charge in [0.25, 0.3) is 0 Å². The molecule has 33 heavy (non-hydrogen) atoms. The van der Waals surface area contributed by atoms with Crippen LogP contribution in [0.4, 0.5) is 0 Å². The summed E-state index contributed by atoms with van der Waals surface area (Å²) in [6.07, 6.45) is 10.0. The van der Waals surface area contributed by atoms with Crippen LogP contribution in [-0.2, 0) is 32.1 Å². The quantitative estimate of drug-likeness (QED) is 0.364. The average Bonchev–Trinajstić information content (AvgIpc) is 3.17. The van der Waals surface area contributed by atoms with Gasteiger partial charge in [-0.1, -0.05) is 30.4 Å². The van der Waals surface area contributed by atoms with Gasteiger partial charge < -0.3 is 25.7 Å². The summed E-state index contributed by atoms with van der Waals surface area (Å²) in [5, 5.41) is 6.80. The molecule has 2 amide bonds. The standard InChI is InChI=1S/C25H34N4O4/c1-33-25(32)21-12-5-7-16-29-17-18(19-10-2-3-13-22(19)29)9-8-14-23(30)27-20(24(31)28-21)11-4-6-15-26/h2-3,5,7,10,13,17,20-21H,4,6,8-9,11-12,14-16,26H2,1H3,(H,27,30)(H,28,31)/t20-,21+/m0/s1. The van der Waals surface area contributed by atoms with Crippen molar-refractivity contribution in [3.05, 3.63) is 48.2 Å². The van der Waals surface area contributed by atoms with Crippen molar-refractivity contribution in [3.63, 3.8) is 0 Å². The zero-order valence-electron chi connectivity index (χ0n) is 19.2. The second kappa shape index (κ2) is 12.2. The Morgan fingerprint density at radius 2 is 1.97 bits per heavy atom. The normalized spacial score (nSPS) is 20.3. The highest BCUT2D eigenvalue weighted by atomic mass is 16.5. The number of amides is 2. The molecule has 1 aromatic heterocycles. The van der Waals surface area contributed by atoms with Gasteiger partial charge in [-0.15, -0.1) is 0 Å². The molecule has 2 aromatic rings. The molecule has 2 bridgehead atoms. The first kappa shape index (κ1) is 24.5. The second-order valence-corrected chi connectivity index (χ2v) is 8.37. The SMILES string of the molecule is COC(=O)[C@H]1CC=CCn2cc(c3ccccc32)CCCC(=O)N[C@@H](CCCCN)C(=O)N1. The van der Waals surface area contributed by atoms with Gasteiger partial charge in [0.15, 0.2) is 0 Å². The maximum absolute atomic E-state index is 12.9. The van der Waals surface area contributed by atoms with Crippen molar-refractivity contribution in [2.24, 2.45) is 5.73 Å². The van der Waals surface area contributed by atoms with E-state index in [1.807, 2.05) is 24.3 Å². The van der Waals surface area contributed by atoms with Crippen molar-refractivity contribution in [2.75, 3.05) is 13.7 Å². The van der Waals surface area contributed by atoms with Crippen LogP contribution in [0, 0.1) is 0 Å². The highest BCUT2D eigenvalue weighted by Gasteiger charge is 2.26. The number of allylic oxidation sites excluding steroid dienone is 1. The van der Waals surface area contributed by atoms with Crippen molar-refractivity contribution in [1.82, 2.24) is 15.2 Å². The number of esters is 1. The van der Waals surface area contributed by atoms with E-state index in [2.05, 4.69) is 33.5 Å². The Morgan fingerprint density at radius 3 is 2.76 bits per heavy atom. The van der Waals surface area contributed by atoms with Crippen LogP contribution >= 0.6 is 0 Å². The van der Waals surface area contributed by atoms with Gasteiger partial charge in [-0.25, -0.2) is 4.79 Å². The van der Waals surface area contributed by atoms with E-state index in [0.717, 1.165) is 18.4 Å². The highest BCUT2D eigenvalue weighted by Crippen LogP contribution is 2.23. The molecule has 8 heteroatoms. The van der Waals surface area contributed by atoms with E-state index < -0.39 is 18.1 Å². The molecule has 1 aliphatic rings. The lowest BCUT2D eigenvalue weighted by molar-refractivity contribution is -0.145.